The van der Waals surface area contributed by atoms with Crippen LogP contribution in [0.3, 0.4) is 0 Å². The molecule has 5 unspecified atom stereocenters. The summed E-state index contributed by atoms with van der Waals surface area (Å²) < 4.78 is 0. The Morgan fingerprint density at radius 3 is 2.62 bits per heavy atom. The maximum atomic E-state index is 3.81. The third-order valence-electron chi connectivity index (χ3n) is 4.87. The summed E-state index contributed by atoms with van der Waals surface area (Å²) in [5.41, 5.74) is 3.81. The SMILES string of the molecule is CC1CCCC(C)N1NC1CC2CC=CC21. The third-order valence-corrected chi connectivity index (χ3v) is 4.87. The Kier molecular flexibility index (Phi) is 2.80. The summed E-state index contributed by atoms with van der Waals surface area (Å²) in [5.74, 6) is 1.80. The monoisotopic (exact) mass is 220 g/mol. The van der Waals surface area contributed by atoms with Crippen LogP contribution in [0.15, 0.2) is 12.2 Å². The van der Waals surface area contributed by atoms with E-state index in [0.717, 1.165) is 17.9 Å². The highest BCUT2D eigenvalue weighted by Gasteiger charge is 2.42. The number of hydrogen-bond acceptors (Lipinski definition) is 2. The van der Waals surface area contributed by atoms with Gasteiger partial charge < -0.3 is 0 Å². The summed E-state index contributed by atoms with van der Waals surface area (Å²) in [5, 5.41) is 2.54. The van der Waals surface area contributed by atoms with Crippen molar-refractivity contribution in [3.8, 4) is 0 Å². The Labute approximate surface area is 99.1 Å². The smallest absolute Gasteiger partial charge is 0.0283 e. The molecule has 5 atom stereocenters. The van der Waals surface area contributed by atoms with Gasteiger partial charge in [0.05, 0.1) is 0 Å². The summed E-state index contributed by atoms with van der Waals surface area (Å²) >= 11 is 0. The largest absolute Gasteiger partial charge is 0.251 e. The zero-order valence-electron chi connectivity index (χ0n) is 10.5. The Balaban J connectivity index is 1.59. The van der Waals surface area contributed by atoms with Crippen LogP contribution in [-0.4, -0.2) is 23.1 Å². The first kappa shape index (κ1) is 10.8. The van der Waals surface area contributed by atoms with Gasteiger partial charge in [0, 0.05) is 18.1 Å². The molecule has 0 aromatic heterocycles. The Morgan fingerprint density at radius 1 is 1.19 bits per heavy atom. The van der Waals surface area contributed by atoms with Crippen molar-refractivity contribution < 1.29 is 0 Å². The molecular formula is C14H24N2. The van der Waals surface area contributed by atoms with Gasteiger partial charge in [-0.15, -0.1) is 0 Å². The molecule has 2 nitrogen and oxygen atoms in total. The summed E-state index contributed by atoms with van der Waals surface area (Å²) in [6.45, 7) is 4.73. The first-order chi connectivity index (χ1) is 7.75. The molecule has 16 heavy (non-hydrogen) atoms. The van der Waals surface area contributed by atoms with Gasteiger partial charge in [0.25, 0.3) is 0 Å². The normalized spacial score (nSPS) is 47.8. The van der Waals surface area contributed by atoms with Crippen molar-refractivity contribution >= 4 is 0 Å². The average Bonchev–Trinajstić information content (AvgIpc) is 2.59. The molecule has 0 amide bonds. The number of nitrogens with one attached hydrogen (secondary N) is 1. The number of hydrazine groups is 1. The van der Waals surface area contributed by atoms with E-state index < -0.39 is 0 Å². The van der Waals surface area contributed by atoms with E-state index >= 15 is 0 Å². The molecule has 1 aliphatic heterocycles. The van der Waals surface area contributed by atoms with Crippen LogP contribution in [0, 0.1) is 11.8 Å². The highest BCUT2D eigenvalue weighted by atomic mass is 15.5. The van der Waals surface area contributed by atoms with Crippen LogP contribution in [0.4, 0.5) is 0 Å². The molecule has 0 aromatic rings. The maximum Gasteiger partial charge on any atom is 0.0283 e. The number of fused-ring (bicyclic) bond motifs is 1. The predicted octanol–water partition coefficient (Wildman–Crippen LogP) is 2.72. The van der Waals surface area contributed by atoms with E-state index in [9.17, 15) is 0 Å². The molecule has 0 aromatic carbocycles. The zero-order valence-corrected chi connectivity index (χ0v) is 10.5. The van der Waals surface area contributed by atoms with Gasteiger partial charge >= 0.3 is 0 Å². The fourth-order valence-electron chi connectivity index (χ4n) is 3.73. The second-order valence-electron chi connectivity index (χ2n) is 6.01. The van der Waals surface area contributed by atoms with Crippen molar-refractivity contribution in [2.24, 2.45) is 11.8 Å². The van der Waals surface area contributed by atoms with Crippen LogP contribution in [0.1, 0.15) is 46.0 Å². The summed E-state index contributed by atoms with van der Waals surface area (Å²) in [4.78, 5) is 0. The van der Waals surface area contributed by atoms with Crippen molar-refractivity contribution in [2.75, 3.05) is 0 Å². The molecule has 0 bridgehead atoms. The van der Waals surface area contributed by atoms with E-state index in [1.165, 1.54) is 32.1 Å². The second-order valence-corrected chi connectivity index (χ2v) is 6.01. The number of nitrogens with zero attached hydrogens (tertiary/aromatic N) is 1. The van der Waals surface area contributed by atoms with Crippen LogP contribution >= 0.6 is 0 Å². The van der Waals surface area contributed by atoms with Crippen molar-refractivity contribution in [1.29, 1.82) is 0 Å². The van der Waals surface area contributed by atoms with Crippen molar-refractivity contribution in [2.45, 2.75) is 64.1 Å². The van der Waals surface area contributed by atoms with Gasteiger partial charge in [-0.25, -0.2) is 5.01 Å². The number of rotatable bonds is 2. The number of piperidine rings is 1. The van der Waals surface area contributed by atoms with Crippen molar-refractivity contribution in [3.05, 3.63) is 12.2 Å². The molecule has 90 valence electrons. The van der Waals surface area contributed by atoms with Crippen molar-refractivity contribution in [1.82, 2.24) is 10.4 Å². The minimum Gasteiger partial charge on any atom is -0.251 e. The summed E-state index contributed by atoms with van der Waals surface area (Å²) in [6, 6.07) is 2.16. The van der Waals surface area contributed by atoms with Gasteiger partial charge in [0.1, 0.15) is 0 Å². The minimum absolute atomic E-state index is 0.716. The molecule has 2 aliphatic carbocycles. The summed E-state index contributed by atoms with van der Waals surface area (Å²) in [6.07, 6.45) is 11.6. The number of hydrogen-bond donors (Lipinski definition) is 1. The first-order valence-electron chi connectivity index (χ1n) is 6.97. The highest BCUT2D eigenvalue weighted by Crippen LogP contribution is 2.43. The lowest BCUT2D eigenvalue weighted by molar-refractivity contribution is -0.0117. The van der Waals surface area contributed by atoms with Crippen LogP contribution in [0.5, 0.6) is 0 Å². The lowest BCUT2D eigenvalue weighted by Crippen LogP contribution is -2.60. The minimum atomic E-state index is 0.716. The molecular weight excluding hydrogens is 196 g/mol. The Bertz CT molecular complexity index is 276. The highest BCUT2D eigenvalue weighted by molar-refractivity contribution is 5.12. The van der Waals surface area contributed by atoms with Gasteiger partial charge in [0.15, 0.2) is 0 Å². The predicted molar refractivity (Wildman–Crippen MR) is 66.9 cm³/mol. The average molecular weight is 220 g/mol. The zero-order chi connectivity index (χ0) is 11.1. The molecule has 1 saturated heterocycles. The van der Waals surface area contributed by atoms with E-state index in [1.807, 2.05) is 0 Å². The van der Waals surface area contributed by atoms with Gasteiger partial charge in [-0.1, -0.05) is 18.6 Å². The second kappa shape index (κ2) is 4.15. The quantitative estimate of drug-likeness (QED) is 0.720. The van der Waals surface area contributed by atoms with Gasteiger partial charge in [-0.2, -0.15) is 0 Å². The third kappa shape index (κ3) is 1.72. The molecule has 1 heterocycles. The van der Waals surface area contributed by atoms with Crippen LogP contribution in [-0.2, 0) is 0 Å². The van der Waals surface area contributed by atoms with Crippen molar-refractivity contribution in [3.63, 3.8) is 0 Å². The van der Waals surface area contributed by atoms with E-state index in [1.54, 1.807) is 0 Å². The lowest BCUT2D eigenvalue weighted by atomic mass is 9.71. The van der Waals surface area contributed by atoms with E-state index in [0.29, 0.717) is 12.1 Å². The lowest BCUT2D eigenvalue weighted by Gasteiger charge is -2.48. The maximum absolute atomic E-state index is 3.81. The Hall–Kier alpha value is -0.340. The summed E-state index contributed by atoms with van der Waals surface area (Å²) in [7, 11) is 0. The van der Waals surface area contributed by atoms with Crippen LogP contribution in [0.25, 0.3) is 0 Å². The van der Waals surface area contributed by atoms with Crippen LogP contribution in [0.2, 0.25) is 0 Å². The molecule has 0 spiro atoms. The van der Waals surface area contributed by atoms with E-state index in [2.05, 4.69) is 36.4 Å². The van der Waals surface area contributed by atoms with Gasteiger partial charge in [-0.05, 0) is 51.4 Å². The fraction of sp³-hybridized carbons (Fsp3) is 0.857. The molecule has 2 heteroatoms. The molecule has 3 aliphatic rings. The Morgan fingerprint density at radius 2 is 1.94 bits per heavy atom. The van der Waals surface area contributed by atoms with Gasteiger partial charge in [0.2, 0.25) is 0 Å². The molecule has 1 N–H and O–H groups in total. The van der Waals surface area contributed by atoms with E-state index in [-0.39, 0.29) is 0 Å². The number of allylic oxidation sites excluding steroid dienone is 1. The molecule has 2 fully saturated rings. The standard InChI is InChI=1S/C14H24N2/c1-10-5-3-6-11(2)16(10)15-14-9-12-7-4-8-13(12)14/h4,8,10-15H,3,5-7,9H2,1-2H3. The fourth-order valence-corrected chi connectivity index (χ4v) is 3.73. The topological polar surface area (TPSA) is 15.3 Å². The molecule has 1 saturated carbocycles. The van der Waals surface area contributed by atoms with Gasteiger partial charge in [-0.3, -0.25) is 5.43 Å². The van der Waals surface area contributed by atoms with E-state index in [4.69, 9.17) is 0 Å². The molecule has 0 radical (unpaired) electrons. The van der Waals surface area contributed by atoms with Crippen LogP contribution < -0.4 is 5.43 Å². The molecule has 3 rings (SSSR count). The first-order valence-corrected chi connectivity index (χ1v) is 6.97.